The molecule has 3 aliphatic rings. The van der Waals surface area contributed by atoms with E-state index in [0.717, 1.165) is 6.07 Å². The van der Waals surface area contributed by atoms with Crippen LogP contribution in [0.25, 0.3) is 0 Å². The first-order valence-corrected chi connectivity index (χ1v) is 5.39. The van der Waals surface area contributed by atoms with E-state index in [1.807, 2.05) is 0 Å². The lowest BCUT2D eigenvalue weighted by Gasteiger charge is -2.21. The first kappa shape index (κ1) is 10.1. The molecule has 1 aromatic rings. The molecule has 1 aromatic carbocycles. The Morgan fingerprint density at radius 1 is 1.06 bits per heavy atom. The van der Waals surface area contributed by atoms with Crippen LogP contribution < -0.4 is 5.17 Å². The van der Waals surface area contributed by atoms with E-state index >= 15 is 0 Å². The predicted octanol–water partition coefficient (Wildman–Crippen LogP) is 2.06. The summed E-state index contributed by atoms with van der Waals surface area (Å²) < 4.78 is 63.2. The highest BCUT2D eigenvalue weighted by Crippen LogP contribution is 2.67. The smallest absolute Gasteiger partial charge is 0.222 e. The van der Waals surface area contributed by atoms with Crippen molar-refractivity contribution in [3.63, 3.8) is 0 Å². The molecule has 3 fully saturated rings. The van der Waals surface area contributed by atoms with Gasteiger partial charge < -0.3 is 0 Å². The Balaban J connectivity index is 2.02. The fourth-order valence-electron chi connectivity index (χ4n) is 1.19. The molecule has 6 nitrogen and oxygen atoms in total. The zero-order valence-electron chi connectivity index (χ0n) is 7.26. The second-order valence-electron chi connectivity index (χ2n) is 2.90. The maximum atomic E-state index is 13.3. The van der Waals surface area contributed by atoms with E-state index in [1.165, 1.54) is 0 Å². The Kier molecular flexibility index (Phi) is 1.86. The number of anilines is 1. The average Bonchev–Trinajstić information content (AvgIpc) is 2.67. The van der Waals surface area contributed by atoms with Gasteiger partial charge in [-0.05, 0) is 12.1 Å². The molecule has 0 N–H and O–H groups in total. The molecule has 3 saturated heterocycles. The van der Waals surface area contributed by atoms with E-state index in [-0.39, 0.29) is 0 Å². The molecule has 86 valence electrons. The summed E-state index contributed by atoms with van der Waals surface area (Å²) in [6.07, 6.45) is 0. The van der Waals surface area contributed by atoms with Crippen molar-refractivity contribution in [2.24, 2.45) is 0 Å². The molecule has 0 radical (unpaired) electrons. The van der Waals surface area contributed by atoms with E-state index in [2.05, 4.69) is 13.9 Å². The number of hydrogen-bond donors (Lipinski definition) is 0. The molecule has 10 heteroatoms. The minimum Gasteiger partial charge on any atom is -0.222 e. The van der Waals surface area contributed by atoms with Crippen LogP contribution in [0.1, 0.15) is 0 Å². The number of halogens is 3. The van der Waals surface area contributed by atoms with Crippen molar-refractivity contribution in [3.05, 3.63) is 29.6 Å². The summed E-state index contributed by atoms with van der Waals surface area (Å²) in [4.78, 5) is 0. The van der Waals surface area contributed by atoms with Gasteiger partial charge in [-0.1, -0.05) is 0 Å². The van der Waals surface area contributed by atoms with E-state index in [1.54, 1.807) is 0 Å². The molecular formula is C6H2F3N2O4P. The Morgan fingerprint density at radius 3 is 2.31 bits per heavy atom. The van der Waals surface area contributed by atoms with Crippen molar-refractivity contribution in [1.29, 1.82) is 0 Å². The van der Waals surface area contributed by atoms with Gasteiger partial charge in [0.25, 0.3) is 0 Å². The second-order valence-corrected chi connectivity index (χ2v) is 4.28. The highest BCUT2D eigenvalue weighted by atomic mass is 31.2. The van der Waals surface area contributed by atoms with Gasteiger partial charge in [-0.25, -0.2) is 17.7 Å². The number of nitrogens with zero attached hydrogens (tertiary/aromatic N) is 2. The third-order valence-electron chi connectivity index (χ3n) is 1.89. The highest BCUT2D eigenvalue weighted by molar-refractivity contribution is 7.49. The summed E-state index contributed by atoms with van der Waals surface area (Å²) in [5, 5.41) is 0.940. The minimum absolute atomic E-state index is 0.455. The van der Waals surface area contributed by atoms with Gasteiger partial charge in [-0.15, -0.1) is 19.0 Å². The molecule has 0 aromatic heterocycles. The van der Waals surface area contributed by atoms with Crippen LogP contribution in [0.4, 0.5) is 18.9 Å². The molecule has 0 unspecified atom stereocenters. The summed E-state index contributed by atoms with van der Waals surface area (Å²) in [6.45, 7) is 0. The van der Waals surface area contributed by atoms with Crippen LogP contribution in [0.15, 0.2) is 12.1 Å². The van der Waals surface area contributed by atoms with Crippen LogP contribution in [0.2, 0.25) is 0 Å². The molecule has 0 spiro atoms. The standard InChI is InChI=1S/C6H2F3N2O4P/c7-3-1-2-4(6(9)5(3)8)10-11-14-16(12,13-10)15-11/h1-2H. The molecule has 0 atom stereocenters. The molecule has 3 heterocycles. The topological polar surface area (TPSA) is 51.2 Å². The summed E-state index contributed by atoms with van der Waals surface area (Å²) in [5.41, 5.74) is -0.519. The van der Waals surface area contributed by atoms with Gasteiger partial charge in [0.2, 0.25) is 0 Å². The molecular weight excluding hydrogens is 252 g/mol. The van der Waals surface area contributed by atoms with Crippen LogP contribution in [-0.2, 0) is 18.4 Å². The maximum absolute atomic E-state index is 13.3. The quantitative estimate of drug-likeness (QED) is 0.564. The first-order valence-electron chi connectivity index (χ1n) is 3.93. The molecule has 0 amide bonds. The maximum Gasteiger partial charge on any atom is 0.538 e. The van der Waals surface area contributed by atoms with Crippen molar-refractivity contribution in [2.75, 3.05) is 5.17 Å². The molecule has 16 heavy (non-hydrogen) atoms. The number of phosphoric acid groups is 1. The lowest BCUT2D eigenvalue weighted by Crippen LogP contribution is -2.35. The van der Waals surface area contributed by atoms with Gasteiger partial charge >= 0.3 is 7.82 Å². The number of fused-ring (bicyclic) bond motifs is 1. The Labute approximate surface area is 86.2 Å². The van der Waals surface area contributed by atoms with E-state index in [9.17, 15) is 17.7 Å². The van der Waals surface area contributed by atoms with Crippen LogP contribution in [-0.4, -0.2) is 5.34 Å². The lowest BCUT2D eigenvalue weighted by molar-refractivity contribution is -0.319. The van der Waals surface area contributed by atoms with Crippen LogP contribution >= 0.6 is 7.82 Å². The van der Waals surface area contributed by atoms with Gasteiger partial charge in [0.15, 0.2) is 17.5 Å². The van der Waals surface area contributed by atoms with Gasteiger partial charge in [0, 0.05) is 0 Å². The third-order valence-corrected chi connectivity index (χ3v) is 2.92. The Morgan fingerprint density at radius 2 is 1.75 bits per heavy atom. The summed E-state index contributed by atoms with van der Waals surface area (Å²) in [7, 11) is -3.70. The fraction of sp³-hybridized carbons (Fsp3) is 0. The lowest BCUT2D eigenvalue weighted by atomic mass is 10.3. The van der Waals surface area contributed by atoms with Gasteiger partial charge in [0.1, 0.15) is 5.69 Å². The summed E-state index contributed by atoms with van der Waals surface area (Å²) in [6, 6.07) is 1.57. The largest absolute Gasteiger partial charge is 0.538 e. The Hall–Kier alpha value is -1.12. The van der Waals surface area contributed by atoms with Crippen molar-refractivity contribution >= 4 is 13.5 Å². The average molecular weight is 254 g/mol. The van der Waals surface area contributed by atoms with Crippen molar-refractivity contribution < 1.29 is 31.6 Å². The van der Waals surface area contributed by atoms with E-state index < -0.39 is 31.0 Å². The monoisotopic (exact) mass is 254 g/mol. The predicted molar refractivity (Wildman–Crippen MR) is 41.5 cm³/mol. The normalized spacial score (nSPS) is 31.7. The van der Waals surface area contributed by atoms with Crippen molar-refractivity contribution in [1.82, 2.24) is 5.34 Å². The zero-order chi connectivity index (χ0) is 11.5. The van der Waals surface area contributed by atoms with Gasteiger partial charge in [-0.2, -0.15) is 0 Å². The van der Waals surface area contributed by atoms with E-state index in [4.69, 9.17) is 0 Å². The molecule has 2 bridgehead atoms. The molecule has 0 saturated carbocycles. The van der Waals surface area contributed by atoms with E-state index in [0.29, 0.717) is 16.6 Å². The molecule has 0 aliphatic carbocycles. The van der Waals surface area contributed by atoms with Gasteiger partial charge in [-0.3, -0.25) is 0 Å². The van der Waals surface area contributed by atoms with Gasteiger partial charge in [0.05, 0.1) is 5.34 Å². The third kappa shape index (κ3) is 1.20. The second kappa shape index (κ2) is 2.96. The number of hydrazine groups is 1. The number of benzene rings is 1. The SMILES string of the molecule is O=P12ON(O1)N(c1ccc(F)c(F)c1F)O2. The Bertz CT molecular complexity index is 517. The van der Waals surface area contributed by atoms with Crippen LogP contribution in [0.3, 0.4) is 0 Å². The zero-order valence-corrected chi connectivity index (χ0v) is 8.16. The fourth-order valence-corrected chi connectivity index (χ4v) is 2.08. The van der Waals surface area contributed by atoms with Crippen molar-refractivity contribution in [3.8, 4) is 0 Å². The number of rotatable bonds is 1. The van der Waals surface area contributed by atoms with Crippen LogP contribution in [0.5, 0.6) is 0 Å². The number of hydrogen-bond acceptors (Lipinski definition) is 6. The summed E-state index contributed by atoms with van der Waals surface area (Å²) >= 11 is 0. The molecule has 3 aliphatic heterocycles. The highest BCUT2D eigenvalue weighted by Gasteiger charge is 2.60. The van der Waals surface area contributed by atoms with Crippen molar-refractivity contribution in [2.45, 2.75) is 0 Å². The molecule has 4 rings (SSSR count). The minimum atomic E-state index is -3.70. The summed E-state index contributed by atoms with van der Waals surface area (Å²) in [5.74, 6) is -4.53. The van der Waals surface area contributed by atoms with Crippen LogP contribution in [0, 0.1) is 17.5 Å². The first-order chi connectivity index (χ1) is 7.50.